The zero-order chi connectivity index (χ0) is 17.5. The first-order valence-corrected chi connectivity index (χ1v) is 8.59. The minimum Gasteiger partial charge on any atom is -0.357 e. The van der Waals surface area contributed by atoms with E-state index in [-0.39, 0.29) is 24.0 Å². The van der Waals surface area contributed by atoms with Gasteiger partial charge in [-0.15, -0.1) is 24.0 Å². The van der Waals surface area contributed by atoms with Gasteiger partial charge in [-0.2, -0.15) is 5.10 Å². The largest absolute Gasteiger partial charge is 0.357 e. The molecular weight excluding hydrogens is 439 g/mol. The molecular formula is C19H25IN6. The smallest absolute Gasteiger partial charge is 0.191 e. The van der Waals surface area contributed by atoms with Crippen molar-refractivity contribution in [2.75, 3.05) is 13.1 Å². The Balaban J connectivity index is 0.00000243. The van der Waals surface area contributed by atoms with Crippen LogP contribution in [0.1, 0.15) is 18.3 Å². The highest BCUT2D eigenvalue weighted by molar-refractivity contribution is 14.0. The molecule has 0 saturated carbocycles. The van der Waals surface area contributed by atoms with E-state index in [0.717, 1.165) is 31.3 Å². The highest BCUT2D eigenvalue weighted by atomic mass is 127. The van der Waals surface area contributed by atoms with E-state index in [1.807, 2.05) is 7.05 Å². The first kappa shape index (κ1) is 20.2. The van der Waals surface area contributed by atoms with Crippen molar-refractivity contribution >= 4 is 40.7 Å². The second kappa shape index (κ2) is 10.1. The van der Waals surface area contributed by atoms with Crippen molar-refractivity contribution in [2.24, 2.45) is 12.0 Å². The van der Waals surface area contributed by atoms with Crippen LogP contribution in [0.5, 0.6) is 0 Å². The van der Waals surface area contributed by atoms with E-state index in [9.17, 15) is 0 Å². The third kappa shape index (κ3) is 5.17. The number of benzene rings is 2. The van der Waals surface area contributed by atoms with Crippen LogP contribution in [-0.2, 0) is 20.0 Å². The lowest BCUT2D eigenvalue weighted by atomic mass is 10.0. The summed E-state index contributed by atoms with van der Waals surface area (Å²) in [6.07, 6.45) is 2.49. The average molecular weight is 464 g/mol. The van der Waals surface area contributed by atoms with Gasteiger partial charge < -0.3 is 10.6 Å². The fourth-order valence-electron chi connectivity index (χ4n) is 2.78. The van der Waals surface area contributed by atoms with Gasteiger partial charge in [0.2, 0.25) is 0 Å². The molecule has 0 amide bonds. The van der Waals surface area contributed by atoms with Crippen LogP contribution in [0.3, 0.4) is 0 Å². The van der Waals surface area contributed by atoms with Crippen LogP contribution in [0.4, 0.5) is 0 Å². The molecule has 0 bridgehead atoms. The molecule has 0 radical (unpaired) electrons. The fraction of sp³-hybridized carbons (Fsp3) is 0.316. The number of hydrogen-bond donors (Lipinski definition) is 2. The number of hydrogen-bond acceptors (Lipinski definition) is 3. The summed E-state index contributed by atoms with van der Waals surface area (Å²) in [6.45, 7) is 4.20. The Hall–Kier alpha value is -2.16. The Bertz CT molecular complexity index is 853. The Morgan fingerprint density at radius 1 is 1.12 bits per heavy atom. The molecule has 6 nitrogen and oxygen atoms in total. The Morgan fingerprint density at radius 2 is 1.92 bits per heavy atom. The van der Waals surface area contributed by atoms with Gasteiger partial charge >= 0.3 is 0 Å². The first-order valence-electron chi connectivity index (χ1n) is 8.59. The molecule has 0 saturated heterocycles. The van der Waals surface area contributed by atoms with Crippen LogP contribution in [0, 0.1) is 0 Å². The highest BCUT2D eigenvalue weighted by Crippen LogP contribution is 2.18. The predicted molar refractivity (Wildman–Crippen MR) is 117 cm³/mol. The molecule has 138 valence electrons. The van der Waals surface area contributed by atoms with E-state index in [0.29, 0.717) is 6.54 Å². The highest BCUT2D eigenvalue weighted by Gasteiger charge is 2.03. The SMILES string of the molecule is CCNC(=NCc1ncnn1C)NCCc1cccc2ccccc12.I. The maximum Gasteiger partial charge on any atom is 0.191 e. The maximum atomic E-state index is 4.58. The number of rotatable bonds is 6. The third-order valence-corrected chi connectivity index (χ3v) is 4.09. The normalized spacial score (nSPS) is 11.2. The number of guanidine groups is 1. The molecule has 0 aliphatic heterocycles. The molecule has 3 aromatic rings. The Kier molecular flexibility index (Phi) is 7.83. The second-order valence-electron chi connectivity index (χ2n) is 5.81. The zero-order valence-corrected chi connectivity index (χ0v) is 17.5. The van der Waals surface area contributed by atoms with E-state index in [4.69, 9.17) is 0 Å². The van der Waals surface area contributed by atoms with Crippen molar-refractivity contribution in [3.8, 4) is 0 Å². The molecule has 0 fully saturated rings. The first-order chi connectivity index (χ1) is 12.3. The van der Waals surface area contributed by atoms with E-state index in [1.54, 1.807) is 11.0 Å². The second-order valence-corrected chi connectivity index (χ2v) is 5.81. The summed E-state index contributed by atoms with van der Waals surface area (Å²) in [4.78, 5) is 8.78. The van der Waals surface area contributed by atoms with Gasteiger partial charge in [0.05, 0.1) is 0 Å². The molecule has 2 aromatic carbocycles. The molecule has 0 unspecified atom stereocenters. The van der Waals surface area contributed by atoms with E-state index in [1.165, 1.54) is 16.3 Å². The number of nitrogens with zero attached hydrogens (tertiary/aromatic N) is 4. The lowest BCUT2D eigenvalue weighted by Gasteiger charge is -2.12. The lowest BCUT2D eigenvalue weighted by Crippen LogP contribution is -2.38. The number of nitrogens with one attached hydrogen (secondary N) is 2. The quantitative estimate of drug-likeness (QED) is 0.335. The van der Waals surface area contributed by atoms with Gasteiger partial charge in [-0.25, -0.2) is 9.98 Å². The molecule has 0 atom stereocenters. The van der Waals surface area contributed by atoms with Crippen molar-refractivity contribution < 1.29 is 0 Å². The van der Waals surface area contributed by atoms with Gasteiger partial charge in [0, 0.05) is 20.1 Å². The molecule has 3 rings (SSSR count). The summed E-state index contributed by atoms with van der Waals surface area (Å²) in [5.74, 6) is 1.64. The van der Waals surface area contributed by atoms with Crippen molar-refractivity contribution in [1.82, 2.24) is 25.4 Å². The van der Waals surface area contributed by atoms with Crippen LogP contribution in [-0.4, -0.2) is 33.8 Å². The van der Waals surface area contributed by atoms with E-state index in [2.05, 4.69) is 75.1 Å². The number of fused-ring (bicyclic) bond motifs is 1. The van der Waals surface area contributed by atoms with Gasteiger partial charge in [0.1, 0.15) is 18.7 Å². The number of aryl methyl sites for hydroxylation is 1. The summed E-state index contributed by atoms with van der Waals surface area (Å²) in [6, 6.07) is 15.0. The zero-order valence-electron chi connectivity index (χ0n) is 15.1. The van der Waals surface area contributed by atoms with E-state index >= 15 is 0 Å². The standard InChI is InChI=1S/C19H24N6.HI/c1-3-20-19(22-13-18-23-14-24-25(18)2)21-12-11-16-9-6-8-15-7-4-5-10-17(15)16;/h4-10,14H,3,11-13H2,1-2H3,(H2,20,21,22);1H. The average Bonchev–Trinajstić information content (AvgIpc) is 3.05. The predicted octanol–water partition coefficient (Wildman–Crippen LogP) is 2.88. The van der Waals surface area contributed by atoms with Crippen molar-refractivity contribution in [1.29, 1.82) is 0 Å². The molecule has 2 N–H and O–H groups in total. The molecule has 0 aliphatic carbocycles. The van der Waals surface area contributed by atoms with Gasteiger partial charge in [-0.05, 0) is 29.7 Å². The summed E-state index contributed by atoms with van der Waals surface area (Å²) in [5.41, 5.74) is 1.34. The van der Waals surface area contributed by atoms with E-state index < -0.39 is 0 Å². The van der Waals surface area contributed by atoms with Gasteiger partial charge in [-0.3, -0.25) is 4.68 Å². The third-order valence-electron chi connectivity index (χ3n) is 4.09. The molecule has 1 aromatic heterocycles. The Labute approximate surface area is 171 Å². The summed E-state index contributed by atoms with van der Waals surface area (Å²) in [5, 5.41) is 13.3. The van der Waals surface area contributed by atoms with Crippen LogP contribution < -0.4 is 10.6 Å². The van der Waals surface area contributed by atoms with Gasteiger partial charge in [0.15, 0.2) is 5.96 Å². The monoisotopic (exact) mass is 464 g/mol. The molecule has 0 aliphatic rings. The van der Waals surface area contributed by atoms with Crippen LogP contribution in [0.15, 0.2) is 53.8 Å². The maximum absolute atomic E-state index is 4.58. The molecule has 26 heavy (non-hydrogen) atoms. The molecule has 1 heterocycles. The minimum atomic E-state index is 0. The van der Waals surface area contributed by atoms with Gasteiger partial charge in [-0.1, -0.05) is 42.5 Å². The number of aromatic nitrogens is 3. The van der Waals surface area contributed by atoms with Crippen molar-refractivity contribution in [2.45, 2.75) is 19.9 Å². The lowest BCUT2D eigenvalue weighted by molar-refractivity contribution is 0.697. The molecule has 0 spiro atoms. The topological polar surface area (TPSA) is 67.1 Å². The summed E-state index contributed by atoms with van der Waals surface area (Å²) >= 11 is 0. The van der Waals surface area contributed by atoms with Gasteiger partial charge in [0.25, 0.3) is 0 Å². The Morgan fingerprint density at radius 3 is 2.69 bits per heavy atom. The summed E-state index contributed by atoms with van der Waals surface area (Å²) < 4.78 is 1.74. The molecule has 7 heteroatoms. The summed E-state index contributed by atoms with van der Waals surface area (Å²) in [7, 11) is 1.87. The number of aliphatic imine (C=N–C) groups is 1. The van der Waals surface area contributed by atoms with Crippen LogP contribution >= 0.6 is 24.0 Å². The van der Waals surface area contributed by atoms with Crippen LogP contribution in [0.25, 0.3) is 10.8 Å². The van der Waals surface area contributed by atoms with Crippen LogP contribution in [0.2, 0.25) is 0 Å². The van der Waals surface area contributed by atoms with Crippen molar-refractivity contribution in [3.05, 3.63) is 60.2 Å². The fourth-order valence-corrected chi connectivity index (χ4v) is 2.78. The minimum absolute atomic E-state index is 0. The number of halogens is 1. The van der Waals surface area contributed by atoms with Crippen molar-refractivity contribution in [3.63, 3.8) is 0 Å².